The van der Waals surface area contributed by atoms with Gasteiger partial charge in [-0.15, -0.1) is 0 Å². The van der Waals surface area contributed by atoms with Crippen LogP contribution in [0.15, 0.2) is 24.3 Å². The molecular formula is C24H29N5O3. The van der Waals surface area contributed by atoms with E-state index in [1.165, 1.54) is 0 Å². The van der Waals surface area contributed by atoms with Gasteiger partial charge in [-0.25, -0.2) is 0 Å². The van der Waals surface area contributed by atoms with Gasteiger partial charge in [0.1, 0.15) is 6.04 Å². The van der Waals surface area contributed by atoms with Crippen molar-refractivity contribution in [3.63, 3.8) is 0 Å². The van der Waals surface area contributed by atoms with Gasteiger partial charge in [0, 0.05) is 36.7 Å². The summed E-state index contributed by atoms with van der Waals surface area (Å²) in [6.45, 7) is 5.17. The second kappa shape index (κ2) is 7.59. The SMILES string of the molecule is C[C@@H](CN1C[C@@H]2C[C@H]1C(=O)N2[C@@H](C)c1cccc(C(N)=O)c1)C(=O)N1C2C[C@H]2C[C@H]1C#N. The minimum absolute atomic E-state index is 0.0465. The molecule has 3 aliphatic heterocycles. The van der Waals surface area contributed by atoms with Crippen LogP contribution in [0.3, 0.4) is 0 Å². The third-order valence-corrected chi connectivity index (χ3v) is 7.82. The van der Waals surface area contributed by atoms with E-state index in [1.54, 1.807) is 18.2 Å². The number of piperazine rings is 1. The highest BCUT2D eigenvalue weighted by molar-refractivity contribution is 5.93. The topological polar surface area (TPSA) is 111 Å². The predicted molar refractivity (Wildman–Crippen MR) is 116 cm³/mol. The number of fused-ring (bicyclic) bond motifs is 3. The van der Waals surface area contributed by atoms with Crippen LogP contribution in [0.1, 0.15) is 55.1 Å². The van der Waals surface area contributed by atoms with Crippen LogP contribution in [0.5, 0.6) is 0 Å². The molecule has 4 aliphatic rings. The Kier molecular flexibility index (Phi) is 4.97. The van der Waals surface area contributed by atoms with Crippen LogP contribution in [0.4, 0.5) is 0 Å². The lowest BCUT2D eigenvalue weighted by molar-refractivity contribution is -0.142. The number of nitrogens with two attached hydrogens (primary N) is 1. The summed E-state index contributed by atoms with van der Waals surface area (Å²) >= 11 is 0. The van der Waals surface area contributed by atoms with Crippen LogP contribution < -0.4 is 5.73 Å². The molecule has 4 fully saturated rings. The van der Waals surface area contributed by atoms with Crippen molar-refractivity contribution in [2.24, 2.45) is 17.6 Å². The zero-order valence-electron chi connectivity index (χ0n) is 18.5. The zero-order chi connectivity index (χ0) is 22.7. The van der Waals surface area contributed by atoms with Gasteiger partial charge in [-0.3, -0.25) is 19.3 Å². The molecule has 5 rings (SSSR count). The van der Waals surface area contributed by atoms with Gasteiger partial charge < -0.3 is 15.5 Å². The van der Waals surface area contributed by atoms with Crippen LogP contribution in [0.2, 0.25) is 0 Å². The molecular weight excluding hydrogens is 406 g/mol. The summed E-state index contributed by atoms with van der Waals surface area (Å²) in [5.74, 6) is -0.0902. The van der Waals surface area contributed by atoms with E-state index in [0.29, 0.717) is 18.0 Å². The number of carbonyl (C=O) groups is 3. The van der Waals surface area contributed by atoms with E-state index in [1.807, 2.05) is 29.7 Å². The van der Waals surface area contributed by atoms with Crippen molar-refractivity contribution in [2.45, 2.75) is 63.3 Å². The van der Waals surface area contributed by atoms with Crippen LogP contribution in [0.25, 0.3) is 0 Å². The maximum atomic E-state index is 13.2. The van der Waals surface area contributed by atoms with Crippen molar-refractivity contribution in [3.8, 4) is 6.07 Å². The van der Waals surface area contributed by atoms with Crippen LogP contribution in [-0.4, -0.2) is 69.7 Å². The van der Waals surface area contributed by atoms with Gasteiger partial charge in [-0.2, -0.15) is 5.26 Å². The second-order valence-corrected chi connectivity index (χ2v) is 9.86. The molecule has 1 aromatic rings. The molecule has 0 radical (unpaired) electrons. The van der Waals surface area contributed by atoms with Crippen LogP contribution in [-0.2, 0) is 9.59 Å². The lowest BCUT2D eigenvalue weighted by atomic mass is 10.0. The fourth-order valence-electron chi connectivity index (χ4n) is 6.08. The molecule has 168 valence electrons. The number of likely N-dealkylation sites (tertiary alicyclic amines) is 3. The Bertz CT molecular complexity index is 1020. The summed E-state index contributed by atoms with van der Waals surface area (Å²) in [6, 6.07) is 9.12. The summed E-state index contributed by atoms with van der Waals surface area (Å²) in [4.78, 5) is 43.7. The van der Waals surface area contributed by atoms with Gasteiger partial charge in [-0.05, 0) is 49.8 Å². The Hall–Kier alpha value is -2.92. The zero-order valence-corrected chi connectivity index (χ0v) is 18.5. The first-order valence-corrected chi connectivity index (χ1v) is 11.5. The van der Waals surface area contributed by atoms with E-state index in [9.17, 15) is 19.6 Å². The number of carbonyl (C=O) groups excluding carboxylic acids is 3. The molecule has 1 unspecified atom stereocenters. The second-order valence-electron chi connectivity index (χ2n) is 9.86. The standard InChI is InChI=1S/C24H29N5O3/c1-13(23(31)29-18(10-25)7-17-8-20(17)29)11-27-12-19-9-21(27)24(32)28(19)14(2)15-4-3-5-16(6-15)22(26)30/h3-6,13-14,17-21H,7-9,11-12H2,1-2H3,(H2,26,30)/t13-,14-,17+,18-,19-,20?,21-/m0/s1. The van der Waals surface area contributed by atoms with Gasteiger partial charge in [0.2, 0.25) is 17.7 Å². The third-order valence-electron chi connectivity index (χ3n) is 7.82. The van der Waals surface area contributed by atoms with Crippen LogP contribution >= 0.6 is 0 Å². The fourth-order valence-corrected chi connectivity index (χ4v) is 6.08. The Labute approximate surface area is 187 Å². The summed E-state index contributed by atoms with van der Waals surface area (Å²) in [6.07, 6.45) is 2.58. The third kappa shape index (κ3) is 3.27. The van der Waals surface area contributed by atoms with Gasteiger partial charge >= 0.3 is 0 Å². The molecule has 3 amide bonds. The van der Waals surface area contributed by atoms with E-state index in [2.05, 4.69) is 11.0 Å². The molecule has 2 N–H and O–H groups in total. The average molecular weight is 436 g/mol. The maximum absolute atomic E-state index is 13.2. The van der Waals surface area contributed by atoms with Gasteiger partial charge in [-0.1, -0.05) is 19.1 Å². The van der Waals surface area contributed by atoms with E-state index >= 15 is 0 Å². The first-order chi connectivity index (χ1) is 15.3. The number of hydrogen-bond acceptors (Lipinski definition) is 5. The van der Waals surface area contributed by atoms with Crippen molar-refractivity contribution < 1.29 is 14.4 Å². The van der Waals surface area contributed by atoms with Crippen molar-refractivity contribution in [1.82, 2.24) is 14.7 Å². The largest absolute Gasteiger partial charge is 0.366 e. The minimum atomic E-state index is -0.479. The van der Waals surface area contributed by atoms with Crippen LogP contribution in [0, 0.1) is 23.2 Å². The van der Waals surface area contributed by atoms with Gasteiger partial charge in [0.15, 0.2) is 0 Å². The number of hydrogen-bond donors (Lipinski definition) is 1. The van der Waals surface area contributed by atoms with E-state index in [-0.39, 0.29) is 47.9 Å². The Balaban J connectivity index is 1.24. The number of primary amides is 1. The smallest absolute Gasteiger partial charge is 0.248 e. The van der Waals surface area contributed by atoms with E-state index in [0.717, 1.165) is 31.4 Å². The maximum Gasteiger partial charge on any atom is 0.248 e. The average Bonchev–Trinajstić information content (AvgIpc) is 3.11. The van der Waals surface area contributed by atoms with Crippen molar-refractivity contribution in [3.05, 3.63) is 35.4 Å². The molecule has 3 heterocycles. The Morgan fingerprint density at radius 1 is 1.25 bits per heavy atom. The molecule has 1 saturated carbocycles. The molecule has 1 aliphatic carbocycles. The van der Waals surface area contributed by atoms with Gasteiger partial charge in [0.25, 0.3) is 0 Å². The fraction of sp³-hybridized carbons (Fsp3) is 0.583. The first kappa shape index (κ1) is 21.0. The lowest BCUT2D eigenvalue weighted by Gasteiger charge is -2.38. The number of benzene rings is 1. The quantitative estimate of drug-likeness (QED) is 0.724. The number of nitriles is 1. The molecule has 8 nitrogen and oxygen atoms in total. The highest BCUT2D eigenvalue weighted by Crippen LogP contribution is 2.48. The highest BCUT2D eigenvalue weighted by atomic mass is 16.2. The summed E-state index contributed by atoms with van der Waals surface area (Å²) in [5.41, 5.74) is 6.75. The number of amides is 3. The van der Waals surface area contributed by atoms with Crippen molar-refractivity contribution >= 4 is 17.7 Å². The number of nitrogens with zero attached hydrogens (tertiary/aromatic N) is 4. The van der Waals surface area contributed by atoms with Gasteiger partial charge in [0.05, 0.1) is 18.2 Å². The Morgan fingerprint density at radius 2 is 2.03 bits per heavy atom. The molecule has 2 bridgehead atoms. The molecule has 0 aromatic heterocycles. The van der Waals surface area contributed by atoms with Crippen molar-refractivity contribution in [1.29, 1.82) is 5.26 Å². The first-order valence-electron chi connectivity index (χ1n) is 11.5. The molecule has 0 spiro atoms. The summed E-state index contributed by atoms with van der Waals surface area (Å²) < 4.78 is 0. The number of rotatable bonds is 6. The minimum Gasteiger partial charge on any atom is -0.366 e. The normalized spacial score (nSPS) is 32.5. The molecule has 7 atom stereocenters. The molecule has 32 heavy (non-hydrogen) atoms. The number of piperidine rings is 1. The highest BCUT2D eigenvalue weighted by Gasteiger charge is 2.55. The lowest BCUT2D eigenvalue weighted by Crippen LogP contribution is -2.53. The molecule has 1 aromatic carbocycles. The predicted octanol–water partition coefficient (Wildman–Crippen LogP) is 1.28. The monoisotopic (exact) mass is 435 g/mol. The Morgan fingerprint density at radius 3 is 2.72 bits per heavy atom. The molecule has 8 heteroatoms. The van der Waals surface area contributed by atoms with Crippen molar-refractivity contribution in [2.75, 3.05) is 13.1 Å². The summed E-state index contributed by atoms with van der Waals surface area (Å²) in [5, 5.41) is 9.40. The van der Waals surface area contributed by atoms with E-state index in [4.69, 9.17) is 5.73 Å². The summed E-state index contributed by atoms with van der Waals surface area (Å²) in [7, 11) is 0. The van der Waals surface area contributed by atoms with E-state index < -0.39 is 5.91 Å². The molecule has 3 saturated heterocycles.